The maximum atomic E-state index is 11.4. The minimum absolute atomic E-state index is 0.0998. The SMILES string of the molecule is CCNc1ncnc(C(=O)OCC)c1N. The third-order valence-electron chi connectivity index (χ3n) is 1.70. The van der Waals surface area contributed by atoms with Gasteiger partial charge in [-0.2, -0.15) is 0 Å². The number of ether oxygens (including phenoxy) is 1. The molecule has 0 fully saturated rings. The zero-order valence-electron chi connectivity index (χ0n) is 8.78. The smallest absolute Gasteiger partial charge is 0.359 e. The number of esters is 1. The summed E-state index contributed by atoms with van der Waals surface area (Å²) in [6.45, 7) is 4.59. The van der Waals surface area contributed by atoms with Gasteiger partial charge in [0, 0.05) is 6.54 Å². The second-order valence-electron chi connectivity index (χ2n) is 2.74. The fraction of sp³-hybridized carbons (Fsp3) is 0.444. The summed E-state index contributed by atoms with van der Waals surface area (Å²) in [7, 11) is 0. The molecule has 0 aliphatic heterocycles. The van der Waals surface area contributed by atoms with Crippen LogP contribution in [-0.4, -0.2) is 29.1 Å². The van der Waals surface area contributed by atoms with Gasteiger partial charge in [0.25, 0.3) is 0 Å². The molecule has 1 aromatic heterocycles. The highest BCUT2D eigenvalue weighted by molar-refractivity contribution is 5.95. The molecule has 82 valence electrons. The maximum absolute atomic E-state index is 11.4. The van der Waals surface area contributed by atoms with Crippen LogP contribution in [0, 0.1) is 0 Å². The molecule has 1 rings (SSSR count). The Labute approximate surface area is 87.9 Å². The van der Waals surface area contributed by atoms with Crippen molar-refractivity contribution in [3.8, 4) is 0 Å². The number of nitrogens with zero attached hydrogens (tertiary/aromatic N) is 2. The van der Waals surface area contributed by atoms with Gasteiger partial charge in [-0.3, -0.25) is 0 Å². The van der Waals surface area contributed by atoms with E-state index in [1.165, 1.54) is 6.33 Å². The summed E-state index contributed by atoms with van der Waals surface area (Å²) < 4.78 is 4.80. The van der Waals surface area contributed by atoms with Crippen molar-refractivity contribution in [2.75, 3.05) is 24.2 Å². The van der Waals surface area contributed by atoms with Crippen molar-refractivity contribution in [3.63, 3.8) is 0 Å². The topological polar surface area (TPSA) is 90.1 Å². The van der Waals surface area contributed by atoms with E-state index >= 15 is 0 Å². The van der Waals surface area contributed by atoms with Crippen molar-refractivity contribution in [2.45, 2.75) is 13.8 Å². The molecule has 0 radical (unpaired) electrons. The summed E-state index contributed by atoms with van der Waals surface area (Å²) in [5.41, 5.74) is 6.03. The summed E-state index contributed by atoms with van der Waals surface area (Å²) in [6, 6.07) is 0. The zero-order chi connectivity index (χ0) is 11.3. The molecular weight excluding hydrogens is 196 g/mol. The molecule has 0 saturated carbocycles. The molecule has 0 bridgehead atoms. The molecule has 1 aromatic rings. The van der Waals surface area contributed by atoms with E-state index < -0.39 is 5.97 Å². The summed E-state index contributed by atoms with van der Waals surface area (Å²) in [5, 5.41) is 2.93. The number of nitrogens with two attached hydrogens (primary N) is 1. The monoisotopic (exact) mass is 210 g/mol. The van der Waals surface area contributed by atoms with Crippen molar-refractivity contribution in [1.29, 1.82) is 0 Å². The average molecular weight is 210 g/mol. The lowest BCUT2D eigenvalue weighted by molar-refractivity contribution is 0.0520. The average Bonchev–Trinajstić information content (AvgIpc) is 2.22. The van der Waals surface area contributed by atoms with Crippen LogP contribution in [0.25, 0.3) is 0 Å². The highest BCUT2D eigenvalue weighted by Crippen LogP contribution is 2.18. The molecule has 0 spiro atoms. The first kappa shape index (κ1) is 11.2. The molecule has 3 N–H and O–H groups in total. The van der Waals surface area contributed by atoms with Gasteiger partial charge >= 0.3 is 5.97 Å². The van der Waals surface area contributed by atoms with Crippen LogP contribution in [-0.2, 0) is 4.74 Å². The molecule has 6 nitrogen and oxygen atoms in total. The Morgan fingerprint density at radius 1 is 1.53 bits per heavy atom. The second-order valence-corrected chi connectivity index (χ2v) is 2.74. The molecular formula is C9H14N4O2. The van der Waals surface area contributed by atoms with Gasteiger partial charge < -0.3 is 15.8 Å². The highest BCUT2D eigenvalue weighted by Gasteiger charge is 2.15. The van der Waals surface area contributed by atoms with Gasteiger partial charge in [-0.1, -0.05) is 0 Å². The fourth-order valence-corrected chi connectivity index (χ4v) is 1.07. The standard InChI is InChI=1S/C9H14N4O2/c1-3-11-8-6(10)7(12-5-13-8)9(14)15-4-2/h5H,3-4,10H2,1-2H3,(H,11,12,13). The Morgan fingerprint density at radius 3 is 2.87 bits per heavy atom. The van der Waals surface area contributed by atoms with E-state index in [9.17, 15) is 4.79 Å². The van der Waals surface area contributed by atoms with E-state index in [0.717, 1.165) is 0 Å². The quantitative estimate of drug-likeness (QED) is 0.710. The molecule has 1 heterocycles. The van der Waals surface area contributed by atoms with Crippen molar-refractivity contribution in [3.05, 3.63) is 12.0 Å². The van der Waals surface area contributed by atoms with E-state index in [-0.39, 0.29) is 11.4 Å². The normalized spacial score (nSPS) is 9.73. The zero-order valence-corrected chi connectivity index (χ0v) is 8.78. The molecule has 0 unspecified atom stereocenters. The van der Waals surface area contributed by atoms with Crippen molar-refractivity contribution in [1.82, 2.24) is 9.97 Å². The molecule has 0 aromatic carbocycles. The third kappa shape index (κ3) is 2.55. The third-order valence-corrected chi connectivity index (χ3v) is 1.70. The lowest BCUT2D eigenvalue weighted by Gasteiger charge is -2.08. The van der Waals surface area contributed by atoms with E-state index in [1.807, 2.05) is 6.92 Å². The Balaban J connectivity index is 2.98. The Kier molecular flexibility index (Phi) is 3.84. The van der Waals surface area contributed by atoms with E-state index in [1.54, 1.807) is 6.92 Å². The number of hydrogen-bond acceptors (Lipinski definition) is 6. The summed E-state index contributed by atoms with van der Waals surface area (Å²) >= 11 is 0. The summed E-state index contributed by atoms with van der Waals surface area (Å²) in [6.07, 6.45) is 1.28. The van der Waals surface area contributed by atoms with E-state index in [2.05, 4.69) is 15.3 Å². The van der Waals surface area contributed by atoms with Crippen LogP contribution >= 0.6 is 0 Å². The minimum Gasteiger partial charge on any atom is -0.461 e. The lowest BCUT2D eigenvalue weighted by atomic mass is 10.3. The number of nitrogen functional groups attached to an aromatic ring is 1. The number of aromatic nitrogens is 2. The van der Waals surface area contributed by atoms with Gasteiger partial charge in [-0.25, -0.2) is 14.8 Å². The predicted molar refractivity (Wildman–Crippen MR) is 56.6 cm³/mol. The van der Waals surface area contributed by atoms with Gasteiger partial charge in [0.05, 0.1) is 6.61 Å². The number of nitrogens with one attached hydrogen (secondary N) is 1. The number of rotatable bonds is 4. The van der Waals surface area contributed by atoms with Gasteiger partial charge in [-0.05, 0) is 13.8 Å². The lowest BCUT2D eigenvalue weighted by Crippen LogP contribution is -2.13. The largest absolute Gasteiger partial charge is 0.461 e. The number of carbonyl (C=O) groups excluding carboxylic acids is 1. The molecule has 0 amide bonds. The van der Waals surface area contributed by atoms with Gasteiger partial charge in [-0.15, -0.1) is 0 Å². The van der Waals surface area contributed by atoms with E-state index in [0.29, 0.717) is 19.0 Å². The highest BCUT2D eigenvalue weighted by atomic mass is 16.5. The Morgan fingerprint density at radius 2 is 2.27 bits per heavy atom. The second kappa shape index (κ2) is 5.14. The predicted octanol–water partition coefficient (Wildman–Crippen LogP) is 0.667. The number of hydrogen-bond donors (Lipinski definition) is 2. The molecule has 15 heavy (non-hydrogen) atoms. The summed E-state index contributed by atoms with van der Waals surface area (Å²) in [4.78, 5) is 19.1. The van der Waals surface area contributed by atoms with Crippen molar-refractivity contribution < 1.29 is 9.53 Å². The van der Waals surface area contributed by atoms with Crippen LogP contribution < -0.4 is 11.1 Å². The van der Waals surface area contributed by atoms with Crippen LogP contribution in [0.4, 0.5) is 11.5 Å². The summed E-state index contributed by atoms with van der Waals surface area (Å²) in [5.74, 6) is -0.0768. The van der Waals surface area contributed by atoms with E-state index in [4.69, 9.17) is 10.5 Å². The van der Waals surface area contributed by atoms with Crippen LogP contribution in [0.5, 0.6) is 0 Å². The van der Waals surface area contributed by atoms with Crippen LogP contribution in [0.1, 0.15) is 24.3 Å². The number of anilines is 2. The van der Waals surface area contributed by atoms with Gasteiger partial charge in [0.1, 0.15) is 12.0 Å². The number of carbonyl (C=O) groups is 1. The molecule has 0 aliphatic carbocycles. The van der Waals surface area contributed by atoms with Gasteiger partial charge in [0.2, 0.25) is 0 Å². The first-order valence-corrected chi connectivity index (χ1v) is 4.72. The maximum Gasteiger partial charge on any atom is 0.359 e. The molecule has 6 heteroatoms. The van der Waals surface area contributed by atoms with Crippen molar-refractivity contribution in [2.24, 2.45) is 0 Å². The van der Waals surface area contributed by atoms with Gasteiger partial charge in [0.15, 0.2) is 11.5 Å². The van der Waals surface area contributed by atoms with Crippen LogP contribution in [0.2, 0.25) is 0 Å². The Hall–Kier alpha value is -1.85. The Bertz CT molecular complexity index is 354. The first-order valence-electron chi connectivity index (χ1n) is 4.72. The van der Waals surface area contributed by atoms with Crippen molar-refractivity contribution >= 4 is 17.5 Å². The molecule has 0 atom stereocenters. The minimum atomic E-state index is -0.531. The fourth-order valence-electron chi connectivity index (χ4n) is 1.07. The molecule has 0 saturated heterocycles. The van der Waals surface area contributed by atoms with Crippen LogP contribution in [0.15, 0.2) is 6.33 Å². The van der Waals surface area contributed by atoms with Crippen LogP contribution in [0.3, 0.4) is 0 Å². The molecule has 0 aliphatic rings. The first-order chi connectivity index (χ1) is 7.20.